The Morgan fingerprint density at radius 1 is 1.53 bits per heavy atom. The minimum absolute atomic E-state index is 0.319. The van der Waals surface area contributed by atoms with Crippen molar-refractivity contribution in [3.05, 3.63) is 25.0 Å². The van der Waals surface area contributed by atoms with Crippen LogP contribution in [0, 0.1) is 0 Å². The van der Waals surface area contributed by atoms with Crippen molar-refractivity contribution in [3.63, 3.8) is 0 Å². The predicted molar refractivity (Wildman–Crippen MR) is 55.1 cm³/mol. The zero-order chi connectivity index (χ0) is 10.8. The second-order valence-corrected chi connectivity index (χ2v) is 2.89. The molecule has 0 aliphatic rings. The van der Waals surface area contributed by atoms with E-state index < -0.39 is 0 Å². The maximum absolute atomic E-state index is 11.1. The molecular formula is C9H9N5O. The third-order valence-electron chi connectivity index (χ3n) is 1.89. The molecular weight excluding hydrogens is 194 g/mol. The number of amides is 1. The topological polar surface area (TPSA) is 72.7 Å². The van der Waals surface area contributed by atoms with Crippen molar-refractivity contribution in [3.8, 4) is 0 Å². The van der Waals surface area contributed by atoms with Crippen LogP contribution in [-0.2, 0) is 11.8 Å². The smallest absolute Gasteiger partial charge is 0.249 e. The number of nitrogens with one attached hydrogen (secondary N) is 1. The number of carbonyl (C=O) groups excluding carboxylic acids is 1. The molecule has 15 heavy (non-hydrogen) atoms. The maximum Gasteiger partial charge on any atom is 0.249 e. The average molecular weight is 203 g/mol. The molecule has 2 heterocycles. The van der Waals surface area contributed by atoms with Crippen LogP contribution in [-0.4, -0.2) is 25.7 Å². The van der Waals surface area contributed by atoms with E-state index in [1.807, 2.05) is 0 Å². The molecule has 1 N–H and O–H groups in total. The highest BCUT2D eigenvalue weighted by atomic mass is 16.1. The summed E-state index contributed by atoms with van der Waals surface area (Å²) in [7, 11) is 1.74. The van der Waals surface area contributed by atoms with Gasteiger partial charge >= 0.3 is 0 Å². The summed E-state index contributed by atoms with van der Waals surface area (Å²) in [6.45, 7) is 3.36. The van der Waals surface area contributed by atoms with Crippen LogP contribution in [0.5, 0.6) is 0 Å². The lowest BCUT2D eigenvalue weighted by Crippen LogP contribution is -2.08. The Hall–Kier alpha value is -2.24. The summed E-state index contributed by atoms with van der Waals surface area (Å²) >= 11 is 0. The SMILES string of the molecule is C=CC(=O)Nc1nn(C)c2nccnc12. The largest absolute Gasteiger partial charge is 0.304 e. The van der Waals surface area contributed by atoms with Gasteiger partial charge in [-0.25, -0.2) is 14.6 Å². The Balaban J connectivity index is 2.52. The molecule has 0 aromatic carbocycles. The third-order valence-corrected chi connectivity index (χ3v) is 1.89. The summed E-state index contributed by atoms with van der Waals surface area (Å²) in [5, 5.41) is 6.65. The number of nitrogens with zero attached hydrogens (tertiary/aromatic N) is 4. The number of carbonyl (C=O) groups is 1. The first kappa shape index (κ1) is 9.32. The summed E-state index contributed by atoms with van der Waals surface area (Å²) in [6, 6.07) is 0. The van der Waals surface area contributed by atoms with Crippen LogP contribution >= 0.6 is 0 Å². The third kappa shape index (κ3) is 1.56. The molecule has 76 valence electrons. The van der Waals surface area contributed by atoms with E-state index in [4.69, 9.17) is 0 Å². The van der Waals surface area contributed by atoms with E-state index in [1.165, 1.54) is 6.08 Å². The number of hydrogen-bond donors (Lipinski definition) is 1. The van der Waals surface area contributed by atoms with Gasteiger partial charge in [0.25, 0.3) is 0 Å². The number of aryl methyl sites for hydroxylation is 1. The minimum Gasteiger partial charge on any atom is -0.304 e. The van der Waals surface area contributed by atoms with Gasteiger partial charge in [0.15, 0.2) is 17.0 Å². The van der Waals surface area contributed by atoms with Crippen LogP contribution < -0.4 is 5.32 Å². The Morgan fingerprint density at radius 2 is 2.27 bits per heavy atom. The molecule has 0 fully saturated rings. The molecule has 0 saturated carbocycles. The number of aromatic nitrogens is 4. The summed E-state index contributed by atoms with van der Waals surface area (Å²) in [4.78, 5) is 19.3. The fraction of sp³-hybridized carbons (Fsp3) is 0.111. The van der Waals surface area contributed by atoms with E-state index in [0.717, 1.165) is 0 Å². The second kappa shape index (κ2) is 3.49. The Kier molecular flexibility index (Phi) is 2.17. The fourth-order valence-corrected chi connectivity index (χ4v) is 1.23. The van der Waals surface area contributed by atoms with Crippen molar-refractivity contribution >= 4 is 22.9 Å². The van der Waals surface area contributed by atoms with E-state index in [0.29, 0.717) is 17.0 Å². The van der Waals surface area contributed by atoms with Crippen molar-refractivity contribution < 1.29 is 4.79 Å². The molecule has 0 saturated heterocycles. The summed E-state index contributed by atoms with van der Waals surface area (Å²) in [5.74, 6) is 0.0751. The van der Waals surface area contributed by atoms with Crippen LogP contribution in [0.25, 0.3) is 11.2 Å². The van der Waals surface area contributed by atoms with Crippen molar-refractivity contribution in [2.45, 2.75) is 0 Å². The molecule has 6 nitrogen and oxygen atoms in total. The van der Waals surface area contributed by atoms with E-state index in [1.54, 1.807) is 24.1 Å². The lowest BCUT2D eigenvalue weighted by atomic mass is 10.5. The molecule has 2 rings (SSSR count). The van der Waals surface area contributed by atoms with Gasteiger partial charge in [0.1, 0.15) is 0 Å². The van der Waals surface area contributed by atoms with Crippen LogP contribution in [0.4, 0.5) is 5.82 Å². The standard InChI is InChI=1S/C9H9N5O/c1-3-6(15)12-8-7-9(14(2)13-8)11-5-4-10-7/h3-5H,1H2,2H3,(H,12,13,15). The summed E-state index contributed by atoms with van der Waals surface area (Å²) in [5.41, 5.74) is 1.19. The van der Waals surface area contributed by atoms with Gasteiger partial charge in [-0.1, -0.05) is 6.58 Å². The molecule has 0 aliphatic carbocycles. The lowest BCUT2D eigenvalue weighted by Gasteiger charge is -1.95. The molecule has 0 aliphatic heterocycles. The van der Waals surface area contributed by atoms with Gasteiger partial charge < -0.3 is 5.32 Å². The monoisotopic (exact) mass is 203 g/mol. The van der Waals surface area contributed by atoms with Crippen LogP contribution in [0.2, 0.25) is 0 Å². The minimum atomic E-state index is -0.319. The van der Waals surface area contributed by atoms with Crippen molar-refractivity contribution in [1.82, 2.24) is 19.7 Å². The number of fused-ring (bicyclic) bond motifs is 1. The Labute approximate surface area is 85.6 Å². The highest BCUT2D eigenvalue weighted by Gasteiger charge is 2.11. The van der Waals surface area contributed by atoms with E-state index in [2.05, 4.69) is 27.0 Å². The van der Waals surface area contributed by atoms with E-state index >= 15 is 0 Å². The molecule has 0 spiro atoms. The molecule has 0 atom stereocenters. The van der Waals surface area contributed by atoms with E-state index in [9.17, 15) is 4.79 Å². The van der Waals surface area contributed by atoms with Gasteiger partial charge in [0.2, 0.25) is 5.91 Å². The molecule has 2 aromatic heterocycles. The van der Waals surface area contributed by atoms with Crippen molar-refractivity contribution in [1.29, 1.82) is 0 Å². The van der Waals surface area contributed by atoms with Crippen molar-refractivity contribution in [2.75, 3.05) is 5.32 Å². The predicted octanol–water partition coefficient (Wildman–Crippen LogP) is 0.488. The number of anilines is 1. The maximum atomic E-state index is 11.1. The summed E-state index contributed by atoms with van der Waals surface area (Å²) < 4.78 is 1.56. The fourth-order valence-electron chi connectivity index (χ4n) is 1.23. The van der Waals surface area contributed by atoms with Gasteiger partial charge in [-0.3, -0.25) is 4.79 Å². The van der Waals surface area contributed by atoms with Crippen LogP contribution in [0.1, 0.15) is 0 Å². The van der Waals surface area contributed by atoms with Crippen LogP contribution in [0.15, 0.2) is 25.0 Å². The second-order valence-electron chi connectivity index (χ2n) is 2.89. The first-order chi connectivity index (χ1) is 7.22. The zero-order valence-electron chi connectivity index (χ0n) is 8.14. The van der Waals surface area contributed by atoms with Gasteiger partial charge in [0, 0.05) is 19.4 Å². The van der Waals surface area contributed by atoms with E-state index in [-0.39, 0.29) is 5.91 Å². The Morgan fingerprint density at radius 3 is 3.00 bits per heavy atom. The quantitative estimate of drug-likeness (QED) is 0.721. The average Bonchev–Trinajstić information content (AvgIpc) is 2.57. The van der Waals surface area contributed by atoms with Gasteiger partial charge in [-0.2, -0.15) is 5.10 Å². The highest BCUT2D eigenvalue weighted by molar-refractivity contribution is 6.02. The van der Waals surface area contributed by atoms with Crippen molar-refractivity contribution in [2.24, 2.45) is 7.05 Å². The Bertz CT molecular complexity index is 530. The molecule has 1 amide bonds. The first-order valence-electron chi connectivity index (χ1n) is 4.29. The molecule has 0 bridgehead atoms. The van der Waals surface area contributed by atoms with Gasteiger partial charge in [0.05, 0.1) is 0 Å². The highest BCUT2D eigenvalue weighted by Crippen LogP contribution is 2.16. The lowest BCUT2D eigenvalue weighted by molar-refractivity contribution is -0.111. The summed E-state index contributed by atoms with van der Waals surface area (Å²) in [6.07, 6.45) is 4.30. The van der Waals surface area contributed by atoms with Gasteiger partial charge in [-0.05, 0) is 6.08 Å². The molecule has 6 heteroatoms. The number of rotatable bonds is 2. The molecule has 2 aromatic rings. The molecule has 0 unspecified atom stereocenters. The number of hydrogen-bond acceptors (Lipinski definition) is 4. The first-order valence-corrected chi connectivity index (χ1v) is 4.29. The molecule has 0 radical (unpaired) electrons. The van der Waals surface area contributed by atoms with Crippen LogP contribution in [0.3, 0.4) is 0 Å². The van der Waals surface area contributed by atoms with Gasteiger partial charge in [-0.15, -0.1) is 0 Å². The zero-order valence-corrected chi connectivity index (χ0v) is 8.14. The normalized spacial score (nSPS) is 10.2.